The fourth-order valence-corrected chi connectivity index (χ4v) is 1.17. The summed E-state index contributed by atoms with van der Waals surface area (Å²) in [5.41, 5.74) is 12.6. The van der Waals surface area contributed by atoms with Crippen molar-refractivity contribution in [3.63, 3.8) is 0 Å². The summed E-state index contributed by atoms with van der Waals surface area (Å²) in [7, 11) is 0. The minimum absolute atomic E-state index is 0.0557. The molecule has 2 rings (SSSR count). The zero-order valence-electron chi connectivity index (χ0n) is 7.17. The van der Waals surface area contributed by atoms with Crippen LogP contribution in [0.2, 0.25) is 0 Å². The molecule has 0 bridgehead atoms. The number of benzene rings is 1. The van der Waals surface area contributed by atoms with E-state index < -0.39 is 0 Å². The molecule has 1 fully saturated rings. The first-order valence-corrected chi connectivity index (χ1v) is 4.23. The second-order valence-corrected chi connectivity index (χ2v) is 2.84. The molecule has 0 saturated carbocycles. The fraction of sp³-hybridized carbons (Fsp3) is 0.250. The molecule has 1 heterocycles. The quantitative estimate of drug-likeness (QED) is 0.419. The van der Waals surface area contributed by atoms with Crippen molar-refractivity contribution in [3.8, 4) is 0 Å². The summed E-state index contributed by atoms with van der Waals surface area (Å²) < 4.78 is 0. The van der Waals surface area contributed by atoms with Crippen LogP contribution in [-0.2, 0) is 6.54 Å². The van der Waals surface area contributed by atoms with Crippen molar-refractivity contribution in [1.29, 1.82) is 0 Å². The molecule has 1 aliphatic rings. The van der Waals surface area contributed by atoms with Crippen LogP contribution in [-0.4, -0.2) is 6.29 Å². The van der Waals surface area contributed by atoms with Crippen LogP contribution in [0.3, 0.4) is 0 Å². The molecule has 0 amide bonds. The van der Waals surface area contributed by atoms with Crippen LogP contribution in [0.1, 0.15) is 5.56 Å². The molecule has 5 nitrogen and oxygen atoms in total. The molecule has 0 atom stereocenters. The third-order valence-corrected chi connectivity index (χ3v) is 1.85. The van der Waals surface area contributed by atoms with Crippen LogP contribution in [0.25, 0.3) is 0 Å². The van der Waals surface area contributed by atoms with Crippen LogP contribution < -0.4 is 27.2 Å². The van der Waals surface area contributed by atoms with Crippen molar-refractivity contribution < 1.29 is 0 Å². The van der Waals surface area contributed by atoms with Crippen LogP contribution in [0.15, 0.2) is 30.3 Å². The first-order chi connectivity index (χ1) is 6.45. The maximum Gasteiger partial charge on any atom is 0.139 e. The number of nitrogens with one attached hydrogen (secondary N) is 5. The van der Waals surface area contributed by atoms with Gasteiger partial charge in [0.25, 0.3) is 0 Å². The molecule has 13 heavy (non-hydrogen) atoms. The van der Waals surface area contributed by atoms with Crippen molar-refractivity contribution in [1.82, 2.24) is 27.2 Å². The predicted octanol–water partition coefficient (Wildman–Crippen LogP) is -0.823. The van der Waals surface area contributed by atoms with E-state index in [-0.39, 0.29) is 6.29 Å². The van der Waals surface area contributed by atoms with Crippen molar-refractivity contribution in [3.05, 3.63) is 35.9 Å². The van der Waals surface area contributed by atoms with E-state index >= 15 is 0 Å². The maximum absolute atomic E-state index is 3.25. The highest BCUT2D eigenvalue weighted by molar-refractivity contribution is 5.14. The Hall–Kier alpha value is -0.980. The van der Waals surface area contributed by atoms with Gasteiger partial charge >= 0.3 is 0 Å². The average Bonchev–Trinajstić information content (AvgIpc) is 2.69. The number of hydrogen-bond donors (Lipinski definition) is 5. The molecule has 5 N–H and O–H groups in total. The highest BCUT2D eigenvalue weighted by Gasteiger charge is 2.09. The Kier molecular flexibility index (Phi) is 2.86. The van der Waals surface area contributed by atoms with Gasteiger partial charge in [-0.25, -0.2) is 10.9 Å². The molecular formula is C8H13N5. The lowest BCUT2D eigenvalue weighted by Crippen LogP contribution is -2.46. The molecule has 1 saturated heterocycles. The molecule has 1 aromatic rings. The van der Waals surface area contributed by atoms with Crippen LogP contribution in [0.5, 0.6) is 0 Å². The molecule has 1 aliphatic heterocycles. The molecule has 0 aromatic heterocycles. The summed E-state index contributed by atoms with van der Waals surface area (Å²) >= 11 is 0. The third-order valence-electron chi connectivity index (χ3n) is 1.85. The van der Waals surface area contributed by atoms with E-state index in [2.05, 4.69) is 39.4 Å². The minimum atomic E-state index is 0.0557. The van der Waals surface area contributed by atoms with Crippen LogP contribution in [0.4, 0.5) is 0 Å². The number of hydrogen-bond acceptors (Lipinski definition) is 5. The summed E-state index contributed by atoms with van der Waals surface area (Å²) in [6.45, 7) is 0.828. The van der Waals surface area contributed by atoms with Gasteiger partial charge in [-0.1, -0.05) is 30.3 Å². The van der Waals surface area contributed by atoms with E-state index in [1.165, 1.54) is 5.56 Å². The average molecular weight is 179 g/mol. The SMILES string of the molecule is c1ccc(CNC2NNNN2)cc1. The number of rotatable bonds is 3. The highest BCUT2D eigenvalue weighted by Crippen LogP contribution is 1.96. The lowest BCUT2D eigenvalue weighted by Gasteiger charge is -2.10. The molecule has 0 unspecified atom stereocenters. The van der Waals surface area contributed by atoms with Gasteiger partial charge in [-0.3, -0.25) is 5.32 Å². The summed E-state index contributed by atoms with van der Waals surface area (Å²) in [5.74, 6) is 0. The molecular weight excluding hydrogens is 166 g/mol. The highest BCUT2D eigenvalue weighted by atomic mass is 15.8. The molecule has 0 radical (unpaired) electrons. The Morgan fingerprint density at radius 3 is 2.46 bits per heavy atom. The van der Waals surface area contributed by atoms with Gasteiger partial charge in [0.2, 0.25) is 0 Å². The van der Waals surface area contributed by atoms with Gasteiger partial charge in [-0.05, 0) is 5.56 Å². The summed E-state index contributed by atoms with van der Waals surface area (Å²) in [6.07, 6.45) is 0.0557. The zero-order valence-corrected chi connectivity index (χ0v) is 7.17. The second kappa shape index (κ2) is 4.31. The van der Waals surface area contributed by atoms with Crippen molar-refractivity contribution in [2.45, 2.75) is 12.8 Å². The maximum atomic E-state index is 3.25. The van der Waals surface area contributed by atoms with Gasteiger partial charge in [0.1, 0.15) is 6.29 Å². The van der Waals surface area contributed by atoms with E-state index in [0.717, 1.165) is 6.54 Å². The fourth-order valence-electron chi connectivity index (χ4n) is 1.17. The Morgan fingerprint density at radius 1 is 1.08 bits per heavy atom. The smallest absolute Gasteiger partial charge is 0.139 e. The summed E-state index contributed by atoms with van der Waals surface area (Å²) in [5, 5.41) is 3.25. The predicted molar refractivity (Wildman–Crippen MR) is 49.6 cm³/mol. The van der Waals surface area contributed by atoms with E-state index in [1.807, 2.05) is 18.2 Å². The Morgan fingerprint density at radius 2 is 1.77 bits per heavy atom. The molecule has 0 spiro atoms. The zero-order chi connectivity index (χ0) is 8.93. The third kappa shape index (κ3) is 2.48. The van der Waals surface area contributed by atoms with Gasteiger partial charge in [-0.2, -0.15) is 11.1 Å². The van der Waals surface area contributed by atoms with Crippen molar-refractivity contribution in [2.75, 3.05) is 0 Å². The molecule has 1 aromatic carbocycles. The first kappa shape index (κ1) is 8.61. The minimum Gasteiger partial charge on any atom is -0.283 e. The molecule has 70 valence electrons. The van der Waals surface area contributed by atoms with Gasteiger partial charge in [0, 0.05) is 6.54 Å². The Labute approximate surface area is 76.8 Å². The molecule has 5 heteroatoms. The molecule has 0 aliphatic carbocycles. The summed E-state index contributed by atoms with van der Waals surface area (Å²) in [4.78, 5) is 0. The number of hydrazine groups is 3. The first-order valence-electron chi connectivity index (χ1n) is 4.23. The van der Waals surface area contributed by atoms with Gasteiger partial charge in [0.05, 0.1) is 0 Å². The van der Waals surface area contributed by atoms with E-state index in [9.17, 15) is 0 Å². The van der Waals surface area contributed by atoms with Crippen LogP contribution >= 0.6 is 0 Å². The van der Waals surface area contributed by atoms with E-state index in [1.54, 1.807) is 0 Å². The second-order valence-electron chi connectivity index (χ2n) is 2.84. The van der Waals surface area contributed by atoms with Gasteiger partial charge in [-0.15, -0.1) is 0 Å². The Bertz CT molecular complexity index is 244. The van der Waals surface area contributed by atoms with Crippen molar-refractivity contribution in [2.24, 2.45) is 0 Å². The monoisotopic (exact) mass is 179 g/mol. The largest absolute Gasteiger partial charge is 0.283 e. The van der Waals surface area contributed by atoms with Crippen molar-refractivity contribution >= 4 is 0 Å². The standard InChI is InChI=1S/C8H13N5/c1-2-4-7(5-3-1)6-9-8-10-12-13-11-8/h1-5,8-13H,6H2. The van der Waals surface area contributed by atoms with E-state index in [4.69, 9.17) is 0 Å². The Balaban J connectivity index is 1.79. The van der Waals surface area contributed by atoms with Gasteiger partial charge in [0.15, 0.2) is 0 Å². The summed E-state index contributed by atoms with van der Waals surface area (Å²) in [6, 6.07) is 10.2. The normalized spacial score (nSPS) is 17.8. The van der Waals surface area contributed by atoms with Crippen LogP contribution in [0, 0.1) is 0 Å². The lowest BCUT2D eigenvalue weighted by atomic mass is 10.2. The lowest BCUT2D eigenvalue weighted by molar-refractivity contribution is 0.424. The van der Waals surface area contributed by atoms with Gasteiger partial charge < -0.3 is 0 Å². The van der Waals surface area contributed by atoms with E-state index in [0.29, 0.717) is 0 Å². The topological polar surface area (TPSA) is 60.1 Å².